The summed E-state index contributed by atoms with van der Waals surface area (Å²) >= 11 is 0. The number of hydrogen-bond acceptors (Lipinski definition) is 3. The van der Waals surface area contributed by atoms with Crippen LogP contribution in [0.5, 0.6) is 0 Å². The van der Waals surface area contributed by atoms with Gasteiger partial charge in [-0.3, -0.25) is 0 Å². The largest absolute Gasteiger partial charge is 0.371 e. The number of hydrogen-bond donors (Lipinski definition) is 1. The Bertz CT molecular complexity index is 341. The molecule has 0 bridgehead atoms. The smallest absolute Gasteiger partial charge is 0.0889 e. The van der Waals surface area contributed by atoms with E-state index in [1.54, 1.807) is 0 Å². The molecule has 0 amide bonds. The lowest BCUT2D eigenvalue weighted by Crippen LogP contribution is -2.30. The average molecular weight is 235 g/mol. The van der Waals surface area contributed by atoms with Gasteiger partial charge in [-0.25, -0.2) is 0 Å². The van der Waals surface area contributed by atoms with E-state index in [1.165, 1.54) is 5.56 Å². The molecule has 0 aromatic heterocycles. The Hall–Kier alpha value is -0.900. The van der Waals surface area contributed by atoms with Crippen molar-refractivity contribution < 1.29 is 9.47 Å². The summed E-state index contributed by atoms with van der Waals surface area (Å²) in [4.78, 5) is 0. The number of ether oxygens (including phenoxy) is 2. The zero-order valence-corrected chi connectivity index (χ0v) is 10.5. The monoisotopic (exact) mass is 235 g/mol. The quantitative estimate of drug-likeness (QED) is 0.867. The first kappa shape index (κ1) is 12.6. The van der Waals surface area contributed by atoms with Crippen LogP contribution >= 0.6 is 0 Å². The molecule has 3 nitrogen and oxygen atoms in total. The Balaban J connectivity index is 1.91. The van der Waals surface area contributed by atoms with Gasteiger partial charge in [0.1, 0.15) is 0 Å². The second-order valence-electron chi connectivity index (χ2n) is 4.74. The Labute approximate surface area is 103 Å². The SMILES string of the molecule is C[C@H]1[C@@H](OCc2ccccc2)[C@@H](C)O[C@@H]1CN. The van der Waals surface area contributed by atoms with Gasteiger partial charge in [-0.2, -0.15) is 0 Å². The van der Waals surface area contributed by atoms with Gasteiger partial charge in [0.25, 0.3) is 0 Å². The zero-order valence-electron chi connectivity index (χ0n) is 10.5. The number of benzene rings is 1. The summed E-state index contributed by atoms with van der Waals surface area (Å²) in [6.45, 7) is 5.41. The van der Waals surface area contributed by atoms with E-state index < -0.39 is 0 Å². The third kappa shape index (κ3) is 2.86. The van der Waals surface area contributed by atoms with Crippen LogP contribution in [-0.2, 0) is 16.1 Å². The van der Waals surface area contributed by atoms with E-state index in [0.29, 0.717) is 19.1 Å². The second kappa shape index (κ2) is 5.63. The maximum absolute atomic E-state index is 5.97. The molecule has 1 fully saturated rings. The summed E-state index contributed by atoms with van der Waals surface area (Å²) < 4.78 is 11.7. The first-order valence-corrected chi connectivity index (χ1v) is 6.23. The van der Waals surface area contributed by atoms with Crippen LogP contribution in [0.2, 0.25) is 0 Å². The van der Waals surface area contributed by atoms with Crippen molar-refractivity contribution in [1.82, 2.24) is 0 Å². The van der Waals surface area contributed by atoms with Gasteiger partial charge in [0.2, 0.25) is 0 Å². The Kier molecular flexibility index (Phi) is 4.15. The summed E-state index contributed by atoms with van der Waals surface area (Å²) in [5.74, 6) is 0.360. The predicted octanol–water partition coefficient (Wildman–Crippen LogP) is 1.95. The standard InChI is InChI=1S/C14H21NO2/c1-10-13(8-15)17-11(2)14(10)16-9-12-6-4-3-5-7-12/h3-7,10-11,13-14H,8-9,15H2,1-2H3/t10-,11-,13-,14-/m1/s1. The molecule has 3 heteroatoms. The van der Waals surface area contributed by atoms with E-state index in [2.05, 4.69) is 26.0 Å². The minimum atomic E-state index is 0.127. The highest BCUT2D eigenvalue weighted by molar-refractivity contribution is 5.13. The molecule has 0 aliphatic carbocycles. The molecule has 0 unspecified atom stereocenters. The van der Waals surface area contributed by atoms with Crippen molar-refractivity contribution in [2.45, 2.75) is 38.8 Å². The van der Waals surface area contributed by atoms with Gasteiger partial charge in [0, 0.05) is 12.5 Å². The van der Waals surface area contributed by atoms with Crippen molar-refractivity contribution in [3.05, 3.63) is 35.9 Å². The first-order valence-electron chi connectivity index (χ1n) is 6.23. The Morgan fingerprint density at radius 1 is 1.24 bits per heavy atom. The van der Waals surface area contributed by atoms with Crippen LogP contribution in [0.3, 0.4) is 0 Å². The molecule has 0 radical (unpaired) electrons. The van der Waals surface area contributed by atoms with E-state index in [4.69, 9.17) is 15.2 Å². The van der Waals surface area contributed by atoms with Crippen molar-refractivity contribution in [3.63, 3.8) is 0 Å². The highest BCUT2D eigenvalue weighted by Gasteiger charge is 2.39. The summed E-state index contributed by atoms with van der Waals surface area (Å²) in [5, 5.41) is 0. The molecule has 1 aromatic carbocycles. The average Bonchev–Trinajstić information content (AvgIpc) is 2.63. The van der Waals surface area contributed by atoms with Crippen molar-refractivity contribution in [3.8, 4) is 0 Å². The third-order valence-corrected chi connectivity index (χ3v) is 3.47. The number of nitrogens with two attached hydrogens (primary N) is 1. The molecule has 1 aliphatic rings. The molecule has 94 valence electrons. The molecule has 1 aromatic rings. The molecule has 4 atom stereocenters. The van der Waals surface area contributed by atoms with Crippen LogP contribution in [0.15, 0.2) is 30.3 Å². The van der Waals surface area contributed by atoms with E-state index in [9.17, 15) is 0 Å². The molecule has 2 N–H and O–H groups in total. The number of rotatable bonds is 4. The van der Waals surface area contributed by atoms with Crippen molar-refractivity contribution in [1.29, 1.82) is 0 Å². The van der Waals surface area contributed by atoms with E-state index in [-0.39, 0.29) is 18.3 Å². The van der Waals surface area contributed by atoms with Crippen molar-refractivity contribution >= 4 is 0 Å². The second-order valence-corrected chi connectivity index (χ2v) is 4.74. The molecule has 0 spiro atoms. The summed E-state index contributed by atoms with van der Waals surface area (Å²) in [7, 11) is 0. The minimum Gasteiger partial charge on any atom is -0.371 e. The van der Waals surface area contributed by atoms with Crippen LogP contribution in [0.25, 0.3) is 0 Å². The van der Waals surface area contributed by atoms with Gasteiger partial charge < -0.3 is 15.2 Å². The Morgan fingerprint density at radius 3 is 2.53 bits per heavy atom. The Morgan fingerprint density at radius 2 is 1.94 bits per heavy atom. The van der Waals surface area contributed by atoms with Crippen molar-refractivity contribution in [2.24, 2.45) is 11.7 Å². The highest BCUT2D eigenvalue weighted by Crippen LogP contribution is 2.29. The van der Waals surface area contributed by atoms with Gasteiger partial charge >= 0.3 is 0 Å². The molecule has 2 rings (SSSR count). The van der Waals surface area contributed by atoms with Crippen LogP contribution < -0.4 is 5.73 Å². The summed E-state index contributed by atoms with van der Waals surface area (Å²) in [6.07, 6.45) is 0.400. The van der Waals surface area contributed by atoms with Crippen LogP contribution in [0.1, 0.15) is 19.4 Å². The highest BCUT2D eigenvalue weighted by atomic mass is 16.6. The van der Waals surface area contributed by atoms with Gasteiger partial charge in [-0.15, -0.1) is 0 Å². The molecule has 17 heavy (non-hydrogen) atoms. The lowest BCUT2D eigenvalue weighted by atomic mass is 9.99. The van der Waals surface area contributed by atoms with Gasteiger partial charge in [0.05, 0.1) is 24.9 Å². The van der Waals surface area contributed by atoms with Crippen LogP contribution in [0.4, 0.5) is 0 Å². The summed E-state index contributed by atoms with van der Waals surface area (Å²) in [5.41, 5.74) is 6.87. The molecule has 1 heterocycles. The lowest BCUT2D eigenvalue weighted by molar-refractivity contribution is -0.0225. The molecule has 1 aliphatic heterocycles. The zero-order chi connectivity index (χ0) is 12.3. The van der Waals surface area contributed by atoms with Gasteiger partial charge in [-0.1, -0.05) is 37.3 Å². The maximum Gasteiger partial charge on any atom is 0.0889 e. The maximum atomic E-state index is 5.97. The lowest BCUT2D eigenvalue weighted by Gasteiger charge is -2.19. The van der Waals surface area contributed by atoms with Gasteiger partial charge in [-0.05, 0) is 12.5 Å². The normalized spacial score (nSPS) is 32.9. The molecule has 0 saturated carbocycles. The molecular weight excluding hydrogens is 214 g/mol. The molecular formula is C14H21NO2. The van der Waals surface area contributed by atoms with E-state index >= 15 is 0 Å². The van der Waals surface area contributed by atoms with Crippen LogP contribution in [-0.4, -0.2) is 24.9 Å². The topological polar surface area (TPSA) is 44.5 Å². The fraction of sp³-hybridized carbons (Fsp3) is 0.571. The predicted molar refractivity (Wildman–Crippen MR) is 67.6 cm³/mol. The first-order chi connectivity index (χ1) is 8.22. The van der Waals surface area contributed by atoms with E-state index in [1.807, 2.05) is 18.2 Å². The fourth-order valence-electron chi connectivity index (χ4n) is 2.44. The minimum absolute atomic E-state index is 0.127. The van der Waals surface area contributed by atoms with Gasteiger partial charge in [0.15, 0.2) is 0 Å². The van der Waals surface area contributed by atoms with Crippen molar-refractivity contribution in [2.75, 3.05) is 6.54 Å². The molecule has 1 saturated heterocycles. The third-order valence-electron chi connectivity index (χ3n) is 3.47. The van der Waals surface area contributed by atoms with E-state index in [0.717, 1.165) is 0 Å². The van der Waals surface area contributed by atoms with Crippen LogP contribution in [0, 0.1) is 5.92 Å². The fourth-order valence-corrected chi connectivity index (χ4v) is 2.44. The summed E-state index contributed by atoms with van der Waals surface area (Å²) in [6, 6.07) is 10.2.